The number of carbonyl (C=O) groups is 2. The van der Waals surface area contributed by atoms with Gasteiger partial charge in [0.25, 0.3) is 0 Å². The molecule has 2 aromatic carbocycles. The number of rotatable bonds is 6. The van der Waals surface area contributed by atoms with Crippen molar-refractivity contribution >= 4 is 33.3 Å². The maximum absolute atomic E-state index is 13.9. The second-order valence-electron chi connectivity index (χ2n) is 12.8. The summed E-state index contributed by atoms with van der Waals surface area (Å²) in [7, 11) is -4.12. The van der Waals surface area contributed by atoms with E-state index < -0.39 is 16.0 Å². The van der Waals surface area contributed by atoms with Crippen LogP contribution in [0.5, 0.6) is 5.75 Å². The van der Waals surface area contributed by atoms with Crippen LogP contribution in [0.4, 0.5) is 0 Å². The Morgan fingerprint density at radius 1 is 0.875 bits per heavy atom. The fourth-order valence-corrected chi connectivity index (χ4v) is 7.45. The molecule has 2 aromatic rings. The Morgan fingerprint density at radius 3 is 1.95 bits per heavy atom. The number of halogens is 1. The highest BCUT2D eigenvalue weighted by atomic mass is 35.5. The SMILES string of the molecule is CCCN1C2=C(C(=O)CC(C)(C)C2)C(c2cccc(OS(=O)(=O)c3ccc(Cl)cc3)c2)C2=C1CC(C)(C)CC2=O. The normalized spacial score (nSPS) is 20.9. The minimum Gasteiger partial charge on any atom is -0.379 e. The summed E-state index contributed by atoms with van der Waals surface area (Å²) in [6.45, 7) is 11.3. The number of ketones is 2. The third-order valence-electron chi connectivity index (χ3n) is 7.97. The molecule has 6 nitrogen and oxygen atoms in total. The summed E-state index contributed by atoms with van der Waals surface area (Å²) in [5, 5.41) is 0.421. The molecular weight excluding hydrogens is 546 g/mol. The zero-order chi connectivity index (χ0) is 29.0. The Morgan fingerprint density at radius 2 is 1.43 bits per heavy atom. The smallest absolute Gasteiger partial charge is 0.339 e. The third kappa shape index (κ3) is 5.38. The number of allylic oxidation sites excluding steroid dienone is 4. The molecule has 40 heavy (non-hydrogen) atoms. The highest BCUT2D eigenvalue weighted by Crippen LogP contribution is 2.54. The summed E-state index contributed by atoms with van der Waals surface area (Å²) in [4.78, 5) is 30.0. The van der Waals surface area contributed by atoms with Crippen LogP contribution in [0.15, 0.2) is 76.0 Å². The predicted molar refractivity (Wildman–Crippen MR) is 156 cm³/mol. The molecule has 0 spiro atoms. The summed E-state index contributed by atoms with van der Waals surface area (Å²) >= 11 is 5.93. The molecule has 1 heterocycles. The lowest BCUT2D eigenvalue weighted by atomic mass is 9.63. The average molecular weight is 582 g/mol. The Kier molecular flexibility index (Phi) is 7.28. The molecule has 0 unspecified atom stereocenters. The molecule has 0 fully saturated rings. The molecule has 0 amide bonds. The predicted octanol–water partition coefficient (Wildman–Crippen LogP) is 7.20. The van der Waals surface area contributed by atoms with E-state index in [0.717, 1.165) is 37.2 Å². The molecule has 0 N–H and O–H groups in total. The molecule has 212 valence electrons. The van der Waals surface area contributed by atoms with Crippen molar-refractivity contribution in [3.05, 3.63) is 81.7 Å². The fraction of sp³-hybridized carbons (Fsp3) is 0.438. The van der Waals surface area contributed by atoms with Gasteiger partial charge < -0.3 is 9.08 Å². The first-order valence-electron chi connectivity index (χ1n) is 13.8. The molecule has 0 radical (unpaired) electrons. The standard InChI is InChI=1S/C32H36ClNO5S/c1-6-14-34-24-16-31(2,3)18-26(35)29(24)28(30-25(34)17-32(4,5)19-27(30)36)20-8-7-9-22(15-20)39-40(37,38)23-12-10-21(33)11-13-23/h7-13,15,28H,6,14,16-19H2,1-5H3. The van der Waals surface area contributed by atoms with Crippen LogP contribution in [0.2, 0.25) is 5.02 Å². The molecule has 0 bridgehead atoms. The molecule has 2 aliphatic carbocycles. The van der Waals surface area contributed by atoms with E-state index in [2.05, 4.69) is 39.5 Å². The van der Waals surface area contributed by atoms with Crippen molar-refractivity contribution in [3.8, 4) is 5.75 Å². The molecule has 0 atom stereocenters. The molecule has 5 rings (SSSR count). The van der Waals surface area contributed by atoms with Gasteiger partial charge in [-0.2, -0.15) is 8.42 Å². The van der Waals surface area contributed by atoms with Gasteiger partial charge in [0.05, 0.1) is 0 Å². The summed E-state index contributed by atoms with van der Waals surface area (Å²) in [5.74, 6) is -0.352. The second-order valence-corrected chi connectivity index (χ2v) is 14.7. The first kappa shape index (κ1) is 28.6. The molecule has 0 saturated heterocycles. The van der Waals surface area contributed by atoms with Gasteiger partial charge in [-0.25, -0.2) is 0 Å². The van der Waals surface area contributed by atoms with E-state index in [1.165, 1.54) is 24.3 Å². The van der Waals surface area contributed by atoms with Crippen LogP contribution in [0.25, 0.3) is 0 Å². The number of hydrogen-bond acceptors (Lipinski definition) is 6. The van der Waals surface area contributed by atoms with Gasteiger partial charge in [0.2, 0.25) is 0 Å². The third-order valence-corrected chi connectivity index (χ3v) is 9.48. The number of benzene rings is 2. The van der Waals surface area contributed by atoms with E-state index in [4.69, 9.17) is 15.8 Å². The quantitative estimate of drug-likeness (QED) is 0.335. The minimum atomic E-state index is -4.12. The van der Waals surface area contributed by atoms with E-state index in [1.807, 2.05) is 6.07 Å². The van der Waals surface area contributed by atoms with E-state index in [1.54, 1.807) is 18.2 Å². The van der Waals surface area contributed by atoms with Crippen LogP contribution < -0.4 is 4.18 Å². The van der Waals surface area contributed by atoms with Crippen molar-refractivity contribution < 1.29 is 22.2 Å². The zero-order valence-corrected chi connectivity index (χ0v) is 25.3. The Hall–Kier alpha value is -2.90. The van der Waals surface area contributed by atoms with Gasteiger partial charge in [-0.3, -0.25) is 9.59 Å². The minimum absolute atomic E-state index is 0.0143. The van der Waals surface area contributed by atoms with Gasteiger partial charge >= 0.3 is 10.1 Å². The van der Waals surface area contributed by atoms with Crippen LogP contribution in [-0.2, 0) is 19.7 Å². The van der Waals surface area contributed by atoms with Crippen molar-refractivity contribution in [1.82, 2.24) is 4.90 Å². The summed E-state index contributed by atoms with van der Waals surface area (Å²) < 4.78 is 31.6. The highest BCUT2D eigenvalue weighted by Gasteiger charge is 2.48. The van der Waals surface area contributed by atoms with Gasteiger partial charge in [-0.05, 0) is 72.1 Å². The maximum atomic E-state index is 13.9. The number of Topliss-reactive ketones (excluding diaryl/α,β-unsaturated/α-hetero) is 2. The number of carbonyl (C=O) groups excluding carboxylic acids is 2. The van der Waals surface area contributed by atoms with Crippen molar-refractivity contribution in [2.45, 2.75) is 77.5 Å². The zero-order valence-electron chi connectivity index (χ0n) is 23.7. The monoisotopic (exact) mass is 581 g/mol. The molecule has 0 aromatic heterocycles. The molecule has 1 aliphatic heterocycles. The average Bonchev–Trinajstić information content (AvgIpc) is 2.83. The van der Waals surface area contributed by atoms with Gasteiger partial charge in [-0.15, -0.1) is 0 Å². The van der Waals surface area contributed by atoms with Crippen molar-refractivity contribution in [1.29, 1.82) is 0 Å². The van der Waals surface area contributed by atoms with Crippen LogP contribution >= 0.6 is 11.6 Å². The van der Waals surface area contributed by atoms with Crippen molar-refractivity contribution in [2.75, 3.05) is 6.54 Å². The van der Waals surface area contributed by atoms with Crippen LogP contribution in [0.3, 0.4) is 0 Å². The summed E-state index contributed by atoms with van der Waals surface area (Å²) in [6.07, 6.45) is 3.14. The molecule has 3 aliphatic rings. The van der Waals surface area contributed by atoms with Crippen LogP contribution in [0, 0.1) is 10.8 Å². The second kappa shape index (κ2) is 10.2. The van der Waals surface area contributed by atoms with E-state index >= 15 is 0 Å². The Labute approximate surface area is 242 Å². The maximum Gasteiger partial charge on any atom is 0.339 e. The van der Waals surface area contributed by atoms with Gasteiger partial charge in [0.1, 0.15) is 10.6 Å². The lowest BCUT2D eigenvalue weighted by Crippen LogP contribution is -2.44. The molecular formula is C32H36ClNO5S. The summed E-state index contributed by atoms with van der Waals surface area (Å²) in [5.41, 5.74) is 3.61. The largest absolute Gasteiger partial charge is 0.379 e. The van der Waals surface area contributed by atoms with Crippen LogP contribution in [0.1, 0.15) is 78.2 Å². The lowest BCUT2D eigenvalue weighted by molar-refractivity contribution is -0.119. The Bertz CT molecular complexity index is 1500. The van der Waals surface area contributed by atoms with Crippen molar-refractivity contribution in [2.24, 2.45) is 10.8 Å². The van der Waals surface area contributed by atoms with E-state index in [9.17, 15) is 18.0 Å². The number of hydrogen-bond donors (Lipinski definition) is 0. The van der Waals surface area contributed by atoms with Gasteiger partial charge in [0, 0.05) is 52.9 Å². The lowest BCUT2D eigenvalue weighted by Gasteiger charge is -2.49. The van der Waals surface area contributed by atoms with Gasteiger partial charge in [0.15, 0.2) is 11.6 Å². The molecule has 0 saturated carbocycles. The number of nitrogens with zero attached hydrogens (tertiary/aromatic N) is 1. The van der Waals surface area contributed by atoms with E-state index in [0.29, 0.717) is 34.6 Å². The van der Waals surface area contributed by atoms with Crippen LogP contribution in [-0.4, -0.2) is 31.4 Å². The molecule has 8 heteroatoms. The summed E-state index contributed by atoms with van der Waals surface area (Å²) in [6, 6.07) is 12.6. The fourth-order valence-electron chi connectivity index (χ4n) is 6.40. The first-order chi connectivity index (χ1) is 18.7. The Balaban J connectivity index is 1.65. The van der Waals surface area contributed by atoms with Gasteiger partial charge in [-0.1, -0.05) is 58.4 Å². The highest BCUT2D eigenvalue weighted by molar-refractivity contribution is 7.87. The van der Waals surface area contributed by atoms with E-state index in [-0.39, 0.29) is 33.0 Å². The first-order valence-corrected chi connectivity index (χ1v) is 15.6. The topological polar surface area (TPSA) is 80.8 Å². The van der Waals surface area contributed by atoms with Crippen molar-refractivity contribution in [3.63, 3.8) is 0 Å².